The summed E-state index contributed by atoms with van der Waals surface area (Å²) in [5, 5.41) is 12.7. The molecule has 0 fully saturated rings. The maximum absolute atomic E-state index is 12.1. The first-order valence-corrected chi connectivity index (χ1v) is 23.2. The Hall–Kier alpha value is -3.07. The number of aliphatic hydroxyl groups excluding tert-OH is 1. The van der Waals surface area contributed by atoms with Crippen molar-refractivity contribution in [3.8, 4) is 0 Å². The molecule has 57 heavy (non-hydrogen) atoms. The van der Waals surface area contributed by atoms with Crippen LogP contribution in [0.4, 0.5) is 0 Å². The Morgan fingerprint density at radius 3 is 1.44 bits per heavy atom. The minimum absolute atomic E-state index is 0.0651. The van der Waals surface area contributed by atoms with E-state index in [4.69, 9.17) is 13.8 Å². The average Bonchev–Trinajstić information content (AvgIpc) is 3.20. The fraction of sp³-hybridized carbons (Fsp3) is 0.617. The van der Waals surface area contributed by atoms with Gasteiger partial charge >= 0.3 is 13.8 Å². The first-order chi connectivity index (χ1) is 27.8. The van der Waals surface area contributed by atoms with E-state index in [2.05, 4.69) is 116 Å². The standard InChI is InChI=1S/C47H78NO8P/c1-3-5-7-9-11-13-15-17-18-19-20-21-22-23-24-25-26-28-29-31-33-35-37-39-46(50)48-41-42-55-57(52,53)56-44-45(49)43-54-47(51)40-38-36-34-32-30-27-16-14-12-10-8-6-4-2/h5-8,11-14,17-18,20-21,23-24,27,30,45,49H,3-4,9-10,15-16,19,22,25-26,28-29,31-44H2,1-2H3,(H,48,50)(H,52,53)/b7-5-,8-6-,13-11-,14-12-,18-17-,21-20-,24-23-,30-27-. The first-order valence-electron chi connectivity index (χ1n) is 21.7. The fourth-order valence-electron chi connectivity index (χ4n) is 5.30. The molecule has 0 heterocycles. The van der Waals surface area contributed by atoms with Crippen molar-refractivity contribution in [2.45, 2.75) is 161 Å². The van der Waals surface area contributed by atoms with Gasteiger partial charge in [-0.2, -0.15) is 0 Å². The van der Waals surface area contributed by atoms with Gasteiger partial charge in [-0.25, -0.2) is 4.57 Å². The Morgan fingerprint density at radius 2 is 0.947 bits per heavy atom. The van der Waals surface area contributed by atoms with Crippen molar-refractivity contribution in [3.63, 3.8) is 0 Å². The number of hydrogen-bond acceptors (Lipinski definition) is 7. The molecule has 0 saturated heterocycles. The number of phosphoric ester groups is 1. The number of ether oxygens (including phenoxy) is 1. The normalized spacial score (nSPS) is 14.2. The van der Waals surface area contributed by atoms with Crippen molar-refractivity contribution in [3.05, 3.63) is 97.2 Å². The monoisotopic (exact) mass is 816 g/mol. The maximum Gasteiger partial charge on any atom is 0.472 e. The zero-order valence-electron chi connectivity index (χ0n) is 35.5. The summed E-state index contributed by atoms with van der Waals surface area (Å²) in [6.45, 7) is 3.25. The van der Waals surface area contributed by atoms with Gasteiger partial charge in [-0.3, -0.25) is 18.6 Å². The minimum atomic E-state index is -4.43. The second-order valence-corrected chi connectivity index (χ2v) is 15.4. The molecular weight excluding hydrogens is 737 g/mol. The highest BCUT2D eigenvalue weighted by atomic mass is 31.2. The second kappa shape index (κ2) is 42.5. The Labute approximate surface area is 346 Å². The average molecular weight is 816 g/mol. The van der Waals surface area contributed by atoms with E-state index in [1.54, 1.807) is 0 Å². The summed E-state index contributed by atoms with van der Waals surface area (Å²) in [4.78, 5) is 33.9. The van der Waals surface area contributed by atoms with E-state index in [-0.39, 0.29) is 32.1 Å². The van der Waals surface area contributed by atoms with Crippen LogP contribution in [-0.2, 0) is 27.9 Å². The predicted octanol–water partition coefficient (Wildman–Crippen LogP) is 12.2. The number of nitrogens with one attached hydrogen (secondary N) is 1. The molecule has 0 spiro atoms. The third-order valence-corrected chi connectivity index (χ3v) is 9.49. The van der Waals surface area contributed by atoms with Gasteiger partial charge in [-0.15, -0.1) is 0 Å². The molecule has 2 atom stereocenters. The number of allylic oxidation sites excluding steroid dienone is 16. The highest BCUT2D eigenvalue weighted by Crippen LogP contribution is 2.42. The molecule has 0 aliphatic carbocycles. The van der Waals surface area contributed by atoms with Gasteiger partial charge in [0.15, 0.2) is 0 Å². The van der Waals surface area contributed by atoms with Gasteiger partial charge in [0.2, 0.25) is 5.91 Å². The summed E-state index contributed by atoms with van der Waals surface area (Å²) in [6.07, 6.45) is 54.9. The molecule has 324 valence electrons. The molecule has 3 N–H and O–H groups in total. The van der Waals surface area contributed by atoms with Gasteiger partial charge in [0.25, 0.3) is 0 Å². The van der Waals surface area contributed by atoms with Crippen LogP contribution in [0.15, 0.2) is 97.2 Å². The number of amides is 1. The van der Waals surface area contributed by atoms with Crippen LogP contribution in [-0.4, -0.2) is 54.3 Å². The van der Waals surface area contributed by atoms with Crippen molar-refractivity contribution in [2.24, 2.45) is 0 Å². The molecule has 0 aromatic carbocycles. The molecule has 1 amide bonds. The number of unbranched alkanes of at least 4 members (excludes halogenated alkanes) is 10. The molecule has 0 aliphatic rings. The van der Waals surface area contributed by atoms with Crippen molar-refractivity contribution in [1.29, 1.82) is 0 Å². The zero-order valence-corrected chi connectivity index (χ0v) is 36.4. The lowest BCUT2D eigenvalue weighted by atomic mass is 10.1. The van der Waals surface area contributed by atoms with Gasteiger partial charge in [0, 0.05) is 19.4 Å². The van der Waals surface area contributed by atoms with E-state index in [0.29, 0.717) is 12.8 Å². The fourth-order valence-corrected chi connectivity index (χ4v) is 6.06. The molecule has 0 aromatic heterocycles. The first kappa shape index (κ1) is 53.9. The summed E-state index contributed by atoms with van der Waals surface area (Å²) < 4.78 is 26.8. The quantitative estimate of drug-likeness (QED) is 0.0242. The molecule has 2 unspecified atom stereocenters. The number of carbonyl (C=O) groups excluding carboxylic acids is 2. The number of phosphoric acid groups is 1. The second-order valence-electron chi connectivity index (χ2n) is 13.9. The molecule has 0 aliphatic heterocycles. The Morgan fingerprint density at radius 1 is 0.544 bits per heavy atom. The summed E-state index contributed by atoms with van der Waals surface area (Å²) in [6, 6.07) is 0. The van der Waals surface area contributed by atoms with Gasteiger partial charge < -0.3 is 20.1 Å². The molecule has 0 radical (unpaired) electrons. The molecule has 9 nitrogen and oxygen atoms in total. The Balaban J connectivity index is 3.67. The highest BCUT2D eigenvalue weighted by molar-refractivity contribution is 7.47. The molecular formula is C47H78NO8P. The van der Waals surface area contributed by atoms with Gasteiger partial charge in [-0.1, -0.05) is 150 Å². The summed E-state index contributed by atoms with van der Waals surface area (Å²) >= 11 is 0. The van der Waals surface area contributed by atoms with Crippen LogP contribution in [0, 0.1) is 0 Å². The third-order valence-electron chi connectivity index (χ3n) is 8.51. The van der Waals surface area contributed by atoms with Crippen molar-refractivity contribution >= 4 is 19.7 Å². The van der Waals surface area contributed by atoms with Crippen molar-refractivity contribution in [1.82, 2.24) is 5.32 Å². The van der Waals surface area contributed by atoms with Crippen LogP contribution in [0.1, 0.15) is 155 Å². The number of carbonyl (C=O) groups is 2. The van der Waals surface area contributed by atoms with Crippen molar-refractivity contribution < 1.29 is 37.9 Å². The van der Waals surface area contributed by atoms with E-state index >= 15 is 0 Å². The van der Waals surface area contributed by atoms with Gasteiger partial charge in [0.1, 0.15) is 12.7 Å². The van der Waals surface area contributed by atoms with Crippen LogP contribution < -0.4 is 5.32 Å². The van der Waals surface area contributed by atoms with E-state index in [0.717, 1.165) is 96.3 Å². The lowest BCUT2D eigenvalue weighted by molar-refractivity contribution is -0.147. The highest BCUT2D eigenvalue weighted by Gasteiger charge is 2.23. The van der Waals surface area contributed by atoms with Gasteiger partial charge in [0.05, 0.1) is 13.2 Å². The van der Waals surface area contributed by atoms with Crippen molar-refractivity contribution in [2.75, 3.05) is 26.4 Å². The summed E-state index contributed by atoms with van der Waals surface area (Å²) in [5.74, 6) is -0.567. The number of rotatable bonds is 39. The van der Waals surface area contributed by atoms with E-state index in [1.165, 1.54) is 25.7 Å². The summed E-state index contributed by atoms with van der Waals surface area (Å²) in [5.41, 5.74) is 0. The molecule has 10 heteroatoms. The van der Waals surface area contributed by atoms with Crippen LogP contribution in [0.2, 0.25) is 0 Å². The number of aliphatic hydroxyl groups is 1. The summed E-state index contributed by atoms with van der Waals surface area (Å²) in [7, 11) is -4.43. The smallest absolute Gasteiger partial charge is 0.463 e. The SMILES string of the molecule is CC/C=C\C/C=C\C/C=C\C/C=C\C/C=C\CCCCCCCCCC(=O)NCCOP(=O)(O)OCC(O)COC(=O)CCCCC/C=C\C/C=C\C/C=C\CC. The lowest BCUT2D eigenvalue weighted by Gasteiger charge is -2.15. The van der Waals surface area contributed by atoms with Crippen LogP contribution in [0.25, 0.3) is 0 Å². The number of esters is 1. The van der Waals surface area contributed by atoms with E-state index in [1.807, 2.05) is 0 Å². The third kappa shape index (κ3) is 43.9. The van der Waals surface area contributed by atoms with E-state index in [9.17, 15) is 24.2 Å². The van der Waals surface area contributed by atoms with Crippen LogP contribution in [0.5, 0.6) is 0 Å². The molecule has 0 bridgehead atoms. The zero-order chi connectivity index (χ0) is 41.8. The molecule has 0 rings (SSSR count). The predicted molar refractivity (Wildman–Crippen MR) is 238 cm³/mol. The van der Waals surface area contributed by atoms with Crippen LogP contribution >= 0.6 is 7.82 Å². The van der Waals surface area contributed by atoms with Gasteiger partial charge in [-0.05, 0) is 89.9 Å². The minimum Gasteiger partial charge on any atom is -0.463 e. The molecule has 0 saturated carbocycles. The van der Waals surface area contributed by atoms with E-state index < -0.39 is 26.5 Å². The molecule has 0 aromatic rings. The topological polar surface area (TPSA) is 131 Å². The Bertz CT molecular complexity index is 1250. The maximum atomic E-state index is 12.1. The largest absolute Gasteiger partial charge is 0.472 e. The lowest BCUT2D eigenvalue weighted by Crippen LogP contribution is -2.27. The Kier molecular flexibility index (Phi) is 40.2. The number of hydrogen-bond donors (Lipinski definition) is 3. The van der Waals surface area contributed by atoms with Crippen LogP contribution in [0.3, 0.4) is 0 Å².